The zero-order valence-electron chi connectivity index (χ0n) is 22.7. The molecule has 3 rings (SSSR count). The van der Waals surface area contributed by atoms with E-state index in [1.807, 2.05) is 75.4 Å². The molecular formula is C32H35N3O3. The molecule has 0 bridgehead atoms. The van der Waals surface area contributed by atoms with Gasteiger partial charge in [0.2, 0.25) is 0 Å². The fourth-order valence-corrected chi connectivity index (χ4v) is 3.78. The number of rotatable bonds is 9. The number of hydrogen-bond acceptors (Lipinski definition) is 4. The van der Waals surface area contributed by atoms with Gasteiger partial charge in [-0.15, -0.1) is 0 Å². The van der Waals surface area contributed by atoms with E-state index >= 15 is 0 Å². The van der Waals surface area contributed by atoms with E-state index in [1.165, 1.54) is 0 Å². The normalized spacial score (nSPS) is 15.3. The smallest absolute Gasteiger partial charge is 0.253 e. The molecule has 0 aliphatic heterocycles. The van der Waals surface area contributed by atoms with E-state index in [0.717, 1.165) is 22.5 Å². The third-order valence-corrected chi connectivity index (χ3v) is 6.26. The molecule has 0 spiro atoms. The topological polar surface area (TPSA) is 71.0 Å². The summed E-state index contributed by atoms with van der Waals surface area (Å²) in [7, 11) is 1.74. The molecule has 0 saturated heterocycles. The average molecular weight is 510 g/mol. The standard InChI is InChI=1S/C32H35N3O3/c1-7-23(3)38-21-20-35(6)32(37)26-16-18-27(19-17-26)34-31(36)24(4)29-14-10-11-15-30(29)33-25(5)28-13-9-8-12-22(28)2/h7-19H,5,20-21H2,1-4,6H3,(H,34,36)/b23-7-,29-24+,33-30?. The van der Waals surface area contributed by atoms with Gasteiger partial charge in [-0.1, -0.05) is 55.1 Å². The van der Waals surface area contributed by atoms with Gasteiger partial charge < -0.3 is 15.0 Å². The minimum atomic E-state index is -0.248. The molecule has 0 saturated carbocycles. The lowest BCUT2D eigenvalue weighted by molar-refractivity contribution is -0.112. The van der Waals surface area contributed by atoms with Gasteiger partial charge in [-0.2, -0.15) is 0 Å². The van der Waals surface area contributed by atoms with Gasteiger partial charge in [0.25, 0.3) is 11.8 Å². The highest BCUT2D eigenvalue weighted by atomic mass is 16.5. The number of nitrogens with zero attached hydrogens (tertiary/aromatic N) is 2. The largest absolute Gasteiger partial charge is 0.497 e. The summed E-state index contributed by atoms with van der Waals surface area (Å²) in [6.45, 7) is 12.6. The van der Waals surface area contributed by atoms with Crippen LogP contribution in [0.1, 0.15) is 42.3 Å². The quantitative estimate of drug-likeness (QED) is 0.310. The Kier molecular flexibility index (Phi) is 9.77. The molecule has 0 aromatic heterocycles. The maximum absolute atomic E-state index is 13.1. The number of ether oxygens (including phenoxy) is 1. The summed E-state index contributed by atoms with van der Waals surface area (Å²) >= 11 is 0. The van der Waals surface area contributed by atoms with E-state index in [4.69, 9.17) is 9.73 Å². The van der Waals surface area contributed by atoms with E-state index in [0.29, 0.717) is 41.4 Å². The molecule has 0 unspecified atom stereocenters. The van der Waals surface area contributed by atoms with E-state index in [-0.39, 0.29) is 11.8 Å². The predicted molar refractivity (Wildman–Crippen MR) is 156 cm³/mol. The van der Waals surface area contributed by atoms with Gasteiger partial charge in [0.1, 0.15) is 6.61 Å². The summed E-state index contributed by atoms with van der Waals surface area (Å²) in [6.07, 6.45) is 9.39. The van der Waals surface area contributed by atoms with E-state index in [9.17, 15) is 9.59 Å². The van der Waals surface area contributed by atoms with Gasteiger partial charge in [0.05, 0.1) is 23.7 Å². The van der Waals surface area contributed by atoms with Gasteiger partial charge >= 0.3 is 0 Å². The Balaban J connectivity index is 1.70. The lowest BCUT2D eigenvalue weighted by Gasteiger charge is -2.18. The number of nitrogens with one attached hydrogen (secondary N) is 1. The minimum absolute atomic E-state index is 0.114. The summed E-state index contributed by atoms with van der Waals surface area (Å²) in [5.41, 5.74) is 5.74. The second-order valence-corrected chi connectivity index (χ2v) is 9.02. The maximum Gasteiger partial charge on any atom is 0.253 e. The van der Waals surface area contributed by atoms with Crippen molar-refractivity contribution in [3.05, 3.63) is 119 Å². The van der Waals surface area contributed by atoms with Crippen LogP contribution in [0.2, 0.25) is 0 Å². The maximum atomic E-state index is 13.1. The molecule has 1 aliphatic rings. The van der Waals surface area contributed by atoms with Gasteiger partial charge in [-0.25, -0.2) is 4.99 Å². The average Bonchev–Trinajstić information content (AvgIpc) is 2.92. The summed E-state index contributed by atoms with van der Waals surface area (Å²) in [5.74, 6) is 0.462. The van der Waals surface area contributed by atoms with Crippen LogP contribution in [0.4, 0.5) is 5.69 Å². The van der Waals surface area contributed by atoms with Crippen LogP contribution in [0.5, 0.6) is 0 Å². The summed E-state index contributed by atoms with van der Waals surface area (Å²) in [5, 5.41) is 2.92. The summed E-state index contributed by atoms with van der Waals surface area (Å²) < 4.78 is 5.53. The Hall–Kier alpha value is -4.45. The van der Waals surface area contributed by atoms with Crippen molar-refractivity contribution in [2.45, 2.75) is 27.7 Å². The van der Waals surface area contributed by atoms with Gasteiger partial charge in [-0.05, 0) is 63.6 Å². The number of benzene rings is 2. The molecule has 2 aromatic rings. The molecule has 196 valence electrons. The zero-order chi connectivity index (χ0) is 27.7. The molecule has 0 heterocycles. The molecule has 1 N–H and O–H groups in total. The van der Waals surface area contributed by atoms with Crippen molar-refractivity contribution in [1.29, 1.82) is 0 Å². The zero-order valence-corrected chi connectivity index (χ0v) is 22.7. The lowest BCUT2D eigenvalue weighted by atomic mass is 9.98. The number of aliphatic imine (C=N–C) groups is 1. The molecular weight excluding hydrogens is 474 g/mol. The molecule has 1 aliphatic carbocycles. The van der Waals surface area contributed by atoms with E-state index in [1.54, 1.807) is 43.1 Å². The molecule has 2 aromatic carbocycles. The number of likely N-dealkylation sites (N-methyl/N-ethyl adjacent to an activating group) is 1. The first kappa shape index (κ1) is 28.1. The monoisotopic (exact) mass is 509 g/mol. The van der Waals surface area contributed by atoms with Crippen molar-refractivity contribution in [3.8, 4) is 0 Å². The van der Waals surface area contributed by atoms with Crippen LogP contribution < -0.4 is 5.32 Å². The molecule has 6 heteroatoms. The second-order valence-electron chi connectivity index (χ2n) is 9.02. The Morgan fingerprint density at radius 2 is 1.74 bits per heavy atom. The highest BCUT2D eigenvalue weighted by Gasteiger charge is 2.16. The number of amides is 2. The summed E-state index contributed by atoms with van der Waals surface area (Å²) in [4.78, 5) is 32.2. The number of carbonyl (C=O) groups excluding carboxylic acids is 2. The molecule has 6 nitrogen and oxygen atoms in total. The molecule has 0 radical (unpaired) electrons. The van der Waals surface area contributed by atoms with Crippen molar-refractivity contribution in [2.24, 2.45) is 4.99 Å². The minimum Gasteiger partial charge on any atom is -0.497 e. The molecule has 2 amide bonds. The Morgan fingerprint density at radius 1 is 1.05 bits per heavy atom. The lowest BCUT2D eigenvalue weighted by Crippen LogP contribution is -2.30. The summed E-state index contributed by atoms with van der Waals surface area (Å²) in [6, 6.07) is 14.8. The fourth-order valence-electron chi connectivity index (χ4n) is 3.78. The van der Waals surface area contributed by atoms with Crippen LogP contribution >= 0.6 is 0 Å². The van der Waals surface area contributed by atoms with Crippen molar-refractivity contribution >= 4 is 28.9 Å². The van der Waals surface area contributed by atoms with Crippen LogP contribution in [0.25, 0.3) is 5.70 Å². The van der Waals surface area contributed by atoms with Crippen molar-refractivity contribution in [1.82, 2.24) is 4.90 Å². The Morgan fingerprint density at radius 3 is 2.42 bits per heavy atom. The van der Waals surface area contributed by atoms with Crippen LogP contribution in [-0.4, -0.2) is 42.6 Å². The number of aryl methyl sites for hydroxylation is 1. The van der Waals surface area contributed by atoms with Crippen LogP contribution in [-0.2, 0) is 9.53 Å². The first-order chi connectivity index (χ1) is 18.2. The fraction of sp³-hybridized carbons (Fsp3) is 0.219. The van der Waals surface area contributed by atoms with Crippen LogP contribution in [0.15, 0.2) is 107 Å². The number of hydrogen-bond donors (Lipinski definition) is 1. The highest BCUT2D eigenvalue weighted by molar-refractivity contribution is 6.19. The van der Waals surface area contributed by atoms with Crippen LogP contribution in [0, 0.1) is 6.92 Å². The van der Waals surface area contributed by atoms with E-state index < -0.39 is 0 Å². The van der Waals surface area contributed by atoms with Crippen molar-refractivity contribution < 1.29 is 14.3 Å². The Bertz CT molecular complexity index is 1360. The third kappa shape index (κ3) is 7.29. The number of allylic oxidation sites excluding steroid dienone is 7. The van der Waals surface area contributed by atoms with Gasteiger partial charge in [0, 0.05) is 35.0 Å². The SMILES string of the molecule is C=C(N=C1C=CC=C/C1=C(/C)C(=O)Nc1ccc(C(=O)N(C)CCO/C(C)=C\C)cc1)c1ccccc1C. The first-order valence-corrected chi connectivity index (χ1v) is 12.5. The van der Waals surface area contributed by atoms with Crippen molar-refractivity contribution in [3.63, 3.8) is 0 Å². The number of anilines is 1. The number of carbonyl (C=O) groups is 2. The highest BCUT2D eigenvalue weighted by Crippen LogP contribution is 2.23. The van der Waals surface area contributed by atoms with Gasteiger partial charge in [-0.3, -0.25) is 9.59 Å². The van der Waals surface area contributed by atoms with E-state index in [2.05, 4.69) is 11.9 Å². The third-order valence-electron chi connectivity index (χ3n) is 6.26. The second kappa shape index (κ2) is 13.2. The molecule has 0 fully saturated rings. The predicted octanol–water partition coefficient (Wildman–Crippen LogP) is 6.50. The molecule has 0 atom stereocenters. The van der Waals surface area contributed by atoms with Crippen LogP contribution in [0.3, 0.4) is 0 Å². The van der Waals surface area contributed by atoms with Crippen molar-refractivity contribution in [2.75, 3.05) is 25.5 Å². The molecule has 38 heavy (non-hydrogen) atoms. The Labute approximate surface area is 225 Å². The van der Waals surface area contributed by atoms with Gasteiger partial charge in [0.15, 0.2) is 0 Å². The first-order valence-electron chi connectivity index (χ1n) is 12.5.